The Morgan fingerprint density at radius 3 is 2.75 bits per heavy atom. The maximum Gasteiger partial charge on any atom is 0.0761 e. The van der Waals surface area contributed by atoms with Crippen LogP contribution in [0.4, 0.5) is 0 Å². The largest absolute Gasteiger partial charge is 0.357 e. The normalized spacial score (nSPS) is 9.12. The fourth-order valence-electron chi connectivity index (χ4n) is 0.234. The van der Waals surface area contributed by atoms with E-state index in [0.717, 1.165) is 4.99 Å². The summed E-state index contributed by atoms with van der Waals surface area (Å²) >= 11 is 4.71. The first-order chi connectivity index (χ1) is 3.77. The molecule has 0 saturated heterocycles. The molecule has 0 amide bonds. The summed E-state index contributed by atoms with van der Waals surface area (Å²) in [6.45, 7) is 5.31. The molecule has 1 nitrogen and oxygen atoms in total. The molecule has 0 saturated carbocycles. The second-order valence-corrected chi connectivity index (χ2v) is 1.91. The summed E-state index contributed by atoms with van der Waals surface area (Å²) in [5.41, 5.74) is 0. The third kappa shape index (κ3) is 5.37. The van der Waals surface area contributed by atoms with Gasteiger partial charge in [0.15, 0.2) is 0 Å². The van der Waals surface area contributed by atoms with Gasteiger partial charge in [-0.1, -0.05) is 24.9 Å². The first kappa shape index (κ1) is 7.37. The predicted octanol–water partition coefficient (Wildman–Crippen LogP) is 1.62. The molecule has 0 heterocycles. The maximum atomic E-state index is 4.71. The van der Waals surface area contributed by atoms with Crippen molar-refractivity contribution in [1.82, 2.24) is 5.32 Å². The minimum Gasteiger partial charge on any atom is -0.357 e. The quantitative estimate of drug-likeness (QED) is 0.447. The van der Waals surface area contributed by atoms with E-state index in [1.807, 2.05) is 6.92 Å². The second kappa shape index (κ2) is 4.53. The van der Waals surface area contributed by atoms with Crippen LogP contribution in [-0.2, 0) is 0 Å². The highest BCUT2D eigenvalue weighted by Crippen LogP contribution is 1.69. The van der Waals surface area contributed by atoms with Gasteiger partial charge in [0.2, 0.25) is 0 Å². The fourth-order valence-corrected chi connectivity index (χ4v) is 0.302. The zero-order valence-corrected chi connectivity index (χ0v) is 5.66. The lowest BCUT2D eigenvalue weighted by molar-refractivity contribution is 1.30. The molecule has 0 unspecified atom stereocenters. The van der Waals surface area contributed by atoms with Crippen LogP contribution >= 0.6 is 12.2 Å². The third-order valence-electron chi connectivity index (χ3n) is 0.519. The Balaban J connectivity index is 3.29. The van der Waals surface area contributed by atoms with Gasteiger partial charge in [0, 0.05) is 6.20 Å². The molecule has 0 aliphatic heterocycles. The van der Waals surface area contributed by atoms with E-state index in [0.29, 0.717) is 0 Å². The van der Waals surface area contributed by atoms with Gasteiger partial charge in [-0.15, -0.1) is 0 Å². The smallest absolute Gasteiger partial charge is 0.0761 e. The van der Waals surface area contributed by atoms with Crippen LogP contribution in [-0.4, -0.2) is 4.99 Å². The molecule has 8 heavy (non-hydrogen) atoms. The number of rotatable bonds is 2. The Bertz CT molecular complexity index is 116. The van der Waals surface area contributed by atoms with Gasteiger partial charge in [0.05, 0.1) is 4.99 Å². The van der Waals surface area contributed by atoms with Crippen molar-refractivity contribution in [3.8, 4) is 0 Å². The molecule has 0 atom stereocenters. The summed E-state index contributed by atoms with van der Waals surface area (Å²) in [5, 5.41) is 2.83. The minimum atomic E-state index is 0.767. The zero-order valence-electron chi connectivity index (χ0n) is 4.85. The SMILES string of the molecule is C=C/C=C\NC(C)=S. The van der Waals surface area contributed by atoms with Crippen molar-refractivity contribution >= 4 is 17.2 Å². The van der Waals surface area contributed by atoms with E-state index in [4.69, 9.17) is 12.2 Å². The van der Waals surface area contributed by atoms with Crippen molar-refractivity contribution in [1.29, 1.82) is 0 Å². The highest BCUT2D eigenvalue weighted by atomic mass is 32.1. The molecule has 0 radical (unpaired) electrons. The Morgan fingerprint density at radius 2 is 2.38 bits per heavy atom. The molecule has 0 aromatic carbocycles. The summed E-state index contributed by atoms with van der Waals surface area (Å²) in [7, 11) is 0. The fraction of sp³-hybridized carbons (Fsp3) is 0.167. The standard InChI is InChI=1S/C6H9NS/c1-3-4-5-7-6(2)8/h3-5H,1H2,2H3,(H,7,8)/b5-4-. The van der Waals surface area contributed by atoms with Crippen LogP contribution in [0, 0.1) is 0 Å². The molecule has 0 spiro atoms. The lowest BCUT2D eigenvalue weighted by Gasteiger charge is -1.89. The van der Waals surface area contributed by atoms with Crippen LogP contribution in [0.1, 0.15) is 6.92 Å². The third-order valence-corrected chi connectivity index (χ3v) is 0.637. The van der Waals surface area contributed by atoms with Crippen LogP contribution in [0.15, 0.2) is 24.9 Å². The average Bonchev–Trinajstić information content (AvgIpc) is 1.66. The van der Waals surface area contributed by atoms with Gasteiger partial charge in [-0.25, -0.2) is 0 Å². The number of hydrogen-bond acceptors (Lipinski definition) is 1. The Hall–Kier alpha value is -0.630. The van der Waals surface area contributed by atoms with E-state index >= 15 is 0 Å². The number of allylic oxidation sites excluding steroid dienone is 2. The summed E-state index contributed by atoms with van der Waals surface area (Å²) in [6.07, 6.45) is 5.22. The van der Waals surface area contributed by atoms with Crippen molar-refractivity contribution in [3.05, 3.63) is 24.9 Å². The van der Waals surface area contributed by atoms with E-state index in [1.54, 1.807) is 18.4 Å². The molecular weight excluding hydrogens is 118 g/mol. The van der Waals surface area contributed by atoms with Crippen molar-refractivity contribution < 1.29 is 0 Å². The lowest BCUT2D eigenvalue weighted by atomic mass is 10.6. The van der Waals surface area contributed by atoms with Gasteiger partial charge in [-0.2, -0.15) is 0 Å². The molecule has 0 aromatic rings. The summed E-state index contributed by atoms with van der Waals surface area (Å²) in [4.78, 5) is 0.767. The highest BCUT2D eigenvalue weighted by Gasteiger charge is 1.72. The van der Waals surface area contributed by atoms with E-state index < -0.39 is 0 Å². The average molecular weight is 127 g/mol. The molecule has 0 aliphatic carbocycles. The minimum absolute atomic E-state index is 0.767. The monoisotopic (exact) mass is 127 g/mol. The molecule has 0 rings (SSSR count). The molecular formula is C6H9NS. The summed E-state index contributed by atoms with van der Waals surface area (Å²) in [5.74, 6) is 0. The molecule has 2 heteroatoms. The van der Waals surface area contributed by atoms with Crippen molar-refractivity contribution in [2.75, 3.05) is 0 Å². The van der Waals surface area contributed by atoms with Crippen LogP contribution in [0.2, 0.25) is 0 Å². The van der Waals surface area contributed by atoms with Gasteiger partial charge < -0.3 is 5.32 Å². The molecule has 0 aromatic heterocycles. The zero-order chi connectivity index (χ0) is 6.41. The predicted molar refractivity (Wildman–Crippen MR) is 40.7 cm³/mol. The van der Waals surface area contributed by atoms with Gasteiger partial charge in [-0.3, -0.25) is 0 Å². The van der Waals surface area contributed by atoms with Gasteiger partial charge in [0.1, 0.15) is 0 Å². The molecule has 0 fully saturated rings. The number of thiocarbonyl (C=S) groups is 1. The van der Waals surface area contributed by atoms with Crippen molar-refractivity contribution in [3.63, 3.8) is 0 Å². The maximum absolute atomic E-state index is 4.71. The molecule has 44 valence electrons. The van der Waals surface area contributed by atoms with E-state index in [9.17, 15) is 0 Å². The summed E-state index contributed by atoms with van der Waals surface area (Å²) in [6, 6.07) is 0. The topological polar surface area (TPSA) is 12.0 Å². The van der Waals surface area contributed by atoms with Crippen molar-refractivity contribution in [2.45, 2.75) is 6.92 Å². The lowest BCUT2D eigenvalue weighted by Crippen LogP contribution is -2.08. The molecule has 0 aliphatic rings. The van der Waals surface area contributed by atoms with Gasteiger partial charge in [-0.05, 0) is 13.0 Å². The number of hydrogen-bond donors (Lipinski definition) is 1. The Kier molecular flexibility index (Phi) is 4.17. The Morgan fingerprint density at radius 1 is 1.75 bits per heavy atom. The Labute approximate surface area is 55.1 Å². The summed E-state index contributed by atoms with van der Waals surface area (Å²) < 4.78 is 0. The number of nitrogens with one attached hydrogen (secondary N) is 1. The van der Waals surface area contributed by atoms with Crippen LogP contribution in [0.5, 0.6) is 0 Å². The van der Waals surface area contributed by atoms with E-state index in [-0.39, 0.29) is 0 Å². The van der Waals surface area contributed by atoms with Crippen molar-refractivity contribution in [2.24, 2.45) is 0 Å². The first-order valence-electron chi connectivity index (χ1n) is 2.32. The molecule has 1 N–H and O–H groups in total. The van der Waals surface area contributed by atoms with E-state index in [1.165, 1.54) is 0 Å². The van der Waals surface area contributed by atoms with Gasteiger partial charge in [0.25, 0.3) is 0 Å². The highest BCUT2D eigenvalue weighted by molar-refractivity contribution is 7.80. The van der Waals surface area contributed by atoms with E-state index in [2.05, 4.69) is 11.9 Å². The van der Waals surface area contributed by atoms with Crippen LogP contribution in [0.25, 0.3) is 0 Å². The second-order valence-electron chi connectivity index (χ2n) is 1.30. The van der Waals surface area contributed by atoms with Gasteiger partial charge >= 0.3 is 0 Å². The first-order valence-corrected chi connectivity index (χ1v) is 2.73. The van der Waals surface area contributed by atoms with Crippen LogP contribution in [0.3, 0.4) is 0 Å². The van der Waals surface area contributed by atoms with Crippen LogP contribution < -0.4 is 5.32 Å². The molecule has 0 bridgehead atoms.